The maximum Gasteiger partial charge on any atom is 0.139 e. The largest absolute Gasteiger partial charge is 0.379 e. The molecule has 1 heterocycles. The third kappa shape index (κ3) is 3.76. The van der Waals surface area contributed by atoms with Crippen LogP contribution in [-0.4, -0.2) is 43.5 Å². The Bertz CT molecular complexity index is 190. The molecule has 1 saturated heterocycles. The van der Waals surface area contributed by atoms with E-state index in [1.807, 2.05) is 20.8 Å². The average Bonchev–Trinajstić information content (AvgIpc) is 2.14. The molecule has 0 saturated carbocycles. The Morgan fingerprint density at radius 1 is 1.29 bits per heavy atom. The van der Waals surface area contributed by atoms with Crippen molar-refractivity contribution in [2.75, 3.05) is 32.8 Å². The van der Waals surface area contributed by atoms with Gasteiger partial charge in [-0.3, -0.25) is 9.69 Å². The number of Topliss-reactive ketones (excluding diaryl/α,β-unsaturated/α-hetero) is 1. The van der Waals surface area contributed by atoms with Crippen molar-refractivity contribution in [2.45, 2.75) is 27.2 Å². The van der Waals surface area contributed by atoms with E-state index in [4.69, 9.17) is 4.74 Å². The standard InChI is InChI=1S/C11H21NO2/c1-11(2,3)10(13)4-5-12-6-8-14-9-7-12/h4-9H2,1-3H3. The molecule has 3 nitrogen and oxygen atoms in total. The number of hydrogen-bond donors (Lipinski definition) is 0. The fraction of sp³-hybridized carbons (Fsp3) is 0.909. The molecule has 0 aromatic carbocycles. The summed E-state index contributed by atoms with van der Waals surface area (Å²) in [7, 11) is 0. The van der Waals surface area contributed by atoms with Crippen molar-refractivity contribution in [3.8, 4) is 0 Å². The highest BCUT2D eigenvalue weighted by atomic mass is 16.5. The lowest BCUT2D eigenvalue weighted by molar-refractivity contribution is -0.126. The van der Waals surface area contributed by atoms with Crippen LogP contribution in [0.5, 0.6) is 0 Å². The van der Waals surface area contributed by atoms with Crippen LogP contribution < -0.4 is 0 Å². The summed E-state index contributed by atoms with van der Waals surface area (Å²) in [6.45, 7) is 10.4. The lowest BCUT2D eigenvalue weighted by atomic mass is 9.89. The number of carbonyl (C=O) groups excluding carboxylic acids is 1. The molecule has 0 aromatic heterocycles. The van der Waals surface area contributed by atoms with Crippen molar-refractivity contribution in [3.63, 3.8) is 0 Å². The van der Waals surface area contributed by atoms with Crippen molar-refractivity contribution in [2.24, 2.45) is 5.41 Å². The third-order valence-electron chi connectivity index (χ3n) is 2.60. The molecule has 3 heteroatoms. The number of ether oxygens (including phenoxy) is 1. The minimum absolute atomic E-state index is 0.188. The summed E-state index contributed by atoms with van der Waals surface area (Å²) in [6.07, 6.45) is 0.670. The summed E-state index contributed by atoms with van der Waals surface area (Å²) in [5.41, 5.74) is -0.188. The zero-order valence-corrected chi connectivity index (χ0v) is 9.51. The van der Waals surface area contributed by atoms with Gasteiger partial charge in [-0.25, -0.2) is 0 Å². The van der Waals surface area contributed by atoms with Gasteiger partial charge in [0.2, 0.25) is 0 Å². The van der Waals surface area contributed by atoms with E-state index in [0.29, 0.717) is 12.2 Å². The van der Waals surface area contributed by atoms with E-state index in [2.05, 4.69) is 4.90 Å². The van der Waals surface area contributed by atoms with Gasteiger partial charge in [0.15, 0.2) is 0 Å². The maximum absolute atomic E-state index is 11.6. The molecule has 0 atom stereocenters. The molecule has 0 bridgehead atoms. The van der Waals surface area contributed by atoms with Crippen LogP contribution in [0.4, 0.5) is 0 Å². The summed E-state index contributed by atoms with van der Waals surface area (Å²) < 4.78 is 5.25. The Kier molecular flexibility index (Phi) is 4.08. The van der Waals surface area contributed by atoms with Crippen LogP contribution in [0.25, 0.3) is 0 Å². The zero-order chi connectivity index (χ0) is 10.6. The van der Waals surface area contributed by atoms with Gasteiger partial charge in [0.1, 0.15) is 5.78 Å². The minimum atomic E-state index is -0.188. The number of ketones is 1. The molecule has 0 unspecified atom stereocenters. The van der Waals surface area contributed by atoms with Gasteiger partial charge in [-0.1, -0.05) is 20.8 Å². The minimum Gasteiger partial charge on any atom is -0.379 e. The predicted octanol–water partition coefficient (Wildman–Crippen LogP) is 1.32. The Balaban J connectivity index is 2.22. The van der Waals surface area contributed by atoms with Crippen LogP contribution in [0.1, 0.15) is 27.2 Å². The van der Waals surface area contributed by atoms with E-state index in [0.717, 1.165) is 32.8 Å². The molecular weight excluding hydrogens is 178 g/mol. The van der Waals surface area contributed by atoms with Crippen LogP contribution >= 0.6 is 0 Å². The number of nitrogens with zero attached hydrogens (tertiary/aromatic N) is 1. The van der Waals surface area contributed by atoms with Crippen LogP contribution in [0, 0.1) is 5.41 Å². The summed E-state index contributed by atoms with van der Waals surface area (Å²) in [6, 6.07) is 0. The molecule has 0 aromatic rings. The first-order valence-corrected chi connectivity index (χ1v) is 5.33. The Labute approximate surface area is 86.4 Å². The van der Waals surface area contributed by atoms with Gasteiger partial charge in [-0.15, -0.1) is 0 Å². The van der Waals surface area contributed by atoms with Crippen molar-refractivity contribution >= 4 is 5.78 Å². The van der Waals surface area contributed by atoms with E-state index in [1.54, 1.807) is 0 Å². The summed E-state index contributed by atoms with van der Waals surface area (Å²) in [4.78, 5) is 13.9. The zero-order valence-electron chi connectivity index (χ0n) is 9.51. The van der Waals surface area contributed by atoms with E-state index in [9.17, 15) is 4.79 Å². The molecule has 82 valence electrons. The second-order valence-corrected chi connectivity index (χ2v) is 4.88. The van der Waals surface area contributed by atoms with E-state index < -0.39 is 0 Å². The third-order valence-corrected chi connectivity index (χ3v) is 2.60. The van der Waals surface area contributed by atoms with Crippen molar-refractivity contribution in [3.05, 3.63) is 0 Å². The topological polar surface area (TPSA) is 29.5 Å². The summed E-state index contributed by atoms with van der Waals surface area (Å²) in [5.74, 6) is 0.351. The normalized spacial score (nSPS) is 19.6. The number of rotatable bonds is 3. The van der Waals surface area contributed by atoms with Gasteiger partial charge >= 0.3 is 0 Å². The molecule has 1 aliphatic heterocycles. The predicted molar refractivity (Wildman–Crippen MR) is 56.3 cm³/mol. The molecular formula is C11H21NO2. The molecule has 0 amide bonds. The maximum atomic E-state index is 11.6. The smallest absolute Gasteiger partial charge is 0.139 e. The number of morpholine rings is 1. The van der Waals surface area contributed by atoms with Crippen molar-refractivity contribution in [1.29, 1.82) is 0 Å². The first-order chi connectivity index (χ1) is 6.50. The van der Waals surface area contributed by atoms with Crippen LogP contribution in [0.15, 0.2) is 0 Å². The lowest BCUT2D eigenvalue weighted by Crippen LogP contribution is -2.38. The van der Waals surface area contributed by atoms with E-state index >= 15 is 0 Å². The van der Waals surface area contributed by atoms with Gasteiger partial charge in [0, 0.05) is 31.5 Å². The highest BCUT2D eigenvalue weighted by Gasteiger charge is 2.21. The Hall–Kier alpha value is -0.410. The average molecular weight is 199 g/mol. The summed E-state index contributed by atoms with van der Waals surface area (Å²) in [5, 5.41) is 0. The SMILES string of the molecule is CC(C)(C)C(=O)CCN1CCOCC1. The molecule has 0 radical (unpaired) electrons. The van der Waals surface area contributed by atoms with Crippen LogP contribution in [-0.2, 0) is 9.53 Å². The molecule has 0 N–H and O–H groups in total. The summed E-state index contributed by atoms with van der Waals surface area (Å²) >= 11 is 0. The monoisotopic (exact) mass is 199 g/mol. The molecule has 1 aliphatic rings. The van der Waals surface area contributed by atoms with Crippen molar-refractivity contribution < 1.29 is 9.53 Å². The molecule has 14 heavy (non-hydrogen) atoms. The molecule has 0 spiro atoms. The molecule has 1 rings (SSSR count). The fourth-order valence-corrected chi connectivity index (χ4v) is 1.46. The molecule has 0 aliphatic carbocycles. The number of hydrogen-bond acceptors (Lipinski definition) is 3. The van der Waals surface area contributed by atoms with E-state index in [1.165, 1.54) is 0 Å². The quantitative estimate of drug-likeness (QED) is 0.686. The second kappa shape index (κ2) is 4.89. The van der Waals surface area contributed by atoms with Crippen LogP contribution in [0.3, 0.4) is 0 Å². The second-order valence-electron chi connectivity index (χ2n) is 4.88. The Morgan fingerprint density at radius 3 is 2.36 bits per heavy atom. The van der Waals surface area contributed by atoms with Gasteiger partial charge in [-0.05, 0) is 0 Å². The van der Waals surface area contributed by atoms with Gasteiger partial charge in [-0.2, -0.15) is 0 Å². The lowest BCUT2D eigenvalue weighted by Gasteiger charge is -2.27. The van der Waals surface area contributed by atoms with Gasteiger partial charge in [0.05, 0.1) is 13.2 Å². The first kappa shape index (κ1) is 11.7. The highest BCUT2D eigenvalue weighted by molar-refractivity contribution is 5.83. The fourth-order valence-electron chi connectivity index (χ4n) is 1.46. The molecule has 1 fully saturated rings. The van der Waals surface area contributed by atoms with Gasteiger partial charge in [0.25, 0.3) is 0 Å². The van der Waals surface area contributed by atoms with E-state index in [-0.39, 0.29) is 5.41 Å². The first-order valence-electron chi connectivity index (χ1n) is 5.33. The van der Waals surface area contributed by atoms with Crippen LogP contribution in [0.2, 0.25) is 0 Å². The van der Waals surface area contributed by atoms with Gasteiger partial charge < -0.3 is 4.74 Å². The van der Waals surface area contributed by atoms with Crippen molar-refractivity contribution in [1.82, 2.24) is 4.90 Å². The Morgan fingerprint density at radius 2 is 1.86 bits per heavy atom. The number of carbonyl (C=O) groups is 1. The highest BCUT2D eigenvalue weighted by Crippen LogP contribution is 2.16.